The lowest BCUT2D eigenvalue weighted by Crippen LogP contribution is -2.56. The first-order valence-corrected chi connectivity index (χ1v) is 9.30. The van der Waals surface area contributed by atoms with Gasteiger partial charge in [-0.2, -0.15) is 0 Å². The fourth-order valence-electron chi connectivity index (χ4n) is 1.48. The highest BCUT2D eigenvalue weighted by atomic mass is 79.9. The van der Waals surface area contributed by atoms with E-state index >= 15 is 0 Å². The van der Waals surface area contributed by atoms with Crippen molar-refractivity contribution in [3.05, 3.63) is 12.7 Å². The van der Waals surface area contributed by atoms with Crippen LogP contribution in [0.5, 0.6) is 0 Å². The molecule has 0 spiro atoms. The maximum atomic E-state index is 11.8. The molecule has 0 aromatic rings. The molecule has 2 atom stereocenters. The van der Waals surface area contributed by atoms with Gasteiger partial charge in [0.15, 0.2) is 4.95 Å². The van der Waals surface area contributed by atoms with Gasteiger partial charge in [-0.15, -0.1) is 11.8 Å². The maximum Gasteiger partial charge on any atom is 0.340 e. The Morgan fingerprint density at radius 1 is 1.67 bits per heavy atom. The number of nitrogens with zero attached hydrogens (tertiary/aromatic N) is 1. The quantitative estimate of drug-likeness (QED) is 0.172. The van der Waals surface area contributed by atoms with Crippen molar-refractivity contribution < 1.29 is 14.3 Å². The number of β-lactam (4-membered cyclic amide) rings is 1. The molecule has 2 unspecified atom stereocenters. The van der Waals surface area contributed by atoms with Crippen molar-refractivity contribution in [2.75, 3.05) is 6.61 Å². The van der Waals surface area contributed by atoms with Crippen LogP contribution in [0.25, 0.3) is 0 Å². The Kier molecular flexibility index (Phi) is 7.23. The number of halogens is 1. The number of thiocarbonyl (C=S) groups is 1. The van der Waals surface area contributed by atoms with Gasteiger partial charge in [0.05, 0.1) is 11.8 Å². The van der Waals surface area contributed by atoms with Crippen molar-refractivity contribution in [2.45, 2.75) is 42.3 Å². The summed E-state index contributed by atoms with van der Waals surface area (Å²) in [4.78, 5) is 24.2. The van der Waals surface area contributed by atoms with E-state index in [2.05, 4.69) is 43.3 Å². The average Bonchev–Trinajstić information content (AvgIpc) is 2.32. The summed E-state index contributed by atoms with van der Waals surface area (Å²) in [5, 5.41) is -0.125. The minimum absolute atomic E-state index is 0.0271. The van der Waals surface area contributed by atoms with Crippen LogP contribution in [0.2, 0.25) is 0 Å². The number of hydrogen-bond donors (Lipinski definition) is 0. The minimum Gasteiger partial charge on any atom is -0.459 e. The van der Waals surface area contributed by atoms with Crippen LogP contribution in [0.15, 0.2) is 12.7 Å². The van der Waals surface area contributed by atoms with Crippen LogP contribution in [0.1, 0.15) is 27.2 Å². The molecule has 0 aliphatic carbocycles. The molecule has 1 aliphatic rings. The van der Waals surface area contributed by atoms with Crippen LogP contribution in [-0.4, -0.2) is 42.0 Å². The van der Waals surface area contributed by atoms with E-state index in [0.717, 1.165) is 3.53 Å². The van der Waals surface area contributed by atoms with Crippen molar-refractivity contribution in [3.63, 3.8) is 0 Å². The van der Waals surface area contributed by atoms with Gasteiger partial charge in [-0.1, -0.05) is 73.3 Å². The number of alkyl halides is 1. The van der Waals surface area contributed by atoms with Crippen molar-refractivity contribution in [1.29, 1.82) is 0 Å². The van der Waals surface area contributed by atoms with Crippen molar-refractivity contribution in [2.24, 2.45) is 0 Å². The first kappa shape index (κ1) is 19.0. The monoisotopic (exact) mass is 411 g/mol. The molecule has 0 aromatic heterocycles. The molecular formula is C13H18BrNO3S3. The van der Waals surface area contributed by atoms with Crippen molar-refractivity contribution >= 4 is 67.1 Å². The van der Waals surface area contributed by atoms with Crippen LogP contribution in [0, 0.1) is 0 Å². The lowest BCUT2D eigenvalue weighted by atomic mass is 10.2. The van der Waals surface area contributed by atoms with Crippen LogP contribution >= 0.6 is 51.7 Å². The van der Waals surface area contributed by atoms with Crippen LogP contribution in [0.3, 0.4) is 0 Å². The molecule has 118 valence electrons. The lowest BCUT2D eigenvalue weighted by molar-refractivity contribution is -0.155. The Balaban J connectivity index is 2.57. The highest BCUT2D eigenvalue weighted by molar-refractivity contribution is 9.09. The van der Waals surface area contributed by atoms with E-state index in [4.69, 9.17) is 17.0 Å². The zero-order chi connectivity index (χ0) is 16.2. The van der Waals surface area contributed by atoms with Gasteiger partial charge in [-0.05, 0) is 0 Å². The molecule has 1 amide bonds. The second-order valence-electron chi connectivity index (χ2n) is 5.30. The predicted octanol–water partition coefficient (Wildman–Crippen LogP) is 3.54. The molecule has 1 fully saturated rings. The molecule has 8 heteroatoms. The molecular weight excluding hydrogens is 394 g/mol. The number of carbonyl (C=O) groups excluding carboxylic acids is 2. The fraction of sp³-hybridized carbons (Fsp3) is 0.615. The number of likely N-dealkylation sites (tertiary alicyclic amines) is 1. The van der Waals surface area contributed by atoms with Gasteiger partial charge < -0.3 is 9.64 Å². The number of amides is 1. The second-order valence-corrected chi connectivity index (χ2v) is 10.4. The summed E-state index contributed by atoms with van der Waals surface area (Å²) in [5.41, 5.74) is 0. The van der Waals surface area contributed by atoms with Gasteiger partial charge >= 0.3 is 5.97 Å². The predicted molar refractivity (Wildman–Crippen MR) is 96.7 cm³/mol. The summed E-state index contributed by atoms with van der Waals surface area (Å²) in [6.45, 7) is 9.83. The zero-order valence-corrected chi connectivity index (χ0v) is 16.2. The summed E-state index contributed by atoms with van der Waals surface area (Å²) >= 11 is 11.6. The van der Waals surface area contributed by atoms with E-state index in [-0.39, 0.29) is 22.6 Å². The number of ether oxygens (including phenoxy) is 1. The average molecular weight is 412 g/mol. The number of carbonyl (C=O) groups is 2. The Bertz CT molecular complexity index is 450. The van der Waals surface area contributed by atoms with Gasteiger partial charge in [0.1, 0.15) is 10.1 Å². The summed E-state index contributed by atoms with van der Waals surface area (Å²) in [6, 6.07) is 0. The maximum absolute atomic E-state index is 11.8. The highest BCUT2D eigenvalue weighted by Crippen LogP contribution is 2.39. The van der Waals surface area contributed by atoms with Gasteiger partial charge in [0, 0.05) is 4.75 Å². The van der Waals surface area contributed by atoms with Crippen LogP contribution in [0.4, 0.5) is 0 Å². The van der Waals surface area contributed by atoms with E-state index in [1.807, 2.05) is 0 Å². The van der Waals surface area contributed by atoms with E-state index in [0.29, 0.717) is 6.42 Å². The van der Waals surface area contributed by atoms with E-state index in [1.54, 1.807) is 11.8 Å². The number of esters is 1. The molecule has 1 aliphatic heterocycles. The first-order chi connectivity index (χ1) is 9.65. The van der Waals surface area contributed by atoms with Crippen molar-refractivity contribution in [3.8, 4) is 0 Å². The third-order valence-electron chi connectivity index (χ3n) is 2.35. The highest BCUT2D eigenvalue weighted by Gasteiger charge is 2.44. The summed E-state index contributed by atoms with van der Waals surface area (Å²) in [5.74, 6) is -0.587. The molecule has 21 heavy (non-hydrogen) atoms. The van der Waals surface area contributed by atoms with E-state index in [1.165, 1.54) is 22.7 Å². The molecule has 0 aromatic carbocycles. The summed E-state index contributed by atoms with van der Waals surface area (Å²) in [6.07, 6.45) is 1.86. The summed E-state index contributed by atoms with van der Waals surface area (Å²) < 4.78 is 5.74. The van der Waals surface area contributed by atoms with Crippen LogP contribution in [-0.2, 0) is 14.3 Å². The first-order valence-electron chi connectivity index (χ1n) is 6.28. The van der Waals surface area contributed by atoms with Gasteiger partial charge in [0.25, 0.3) is 0 Å². The standard InChI is InChI=1S/C13H18BrNO3S3/c1-5-6-18-11(17)10(14)15-8(16)7-9(15)20-12(19)21-13(2,3)4/h5,9-10H,1,6-7H2,2-4H3. The molecule has 0 radical (unpaired) electrons. The summed E-state index contributed by atoms with van der Waals surface area (Å²) in [7, 11) is 0. The van der Waals surface area contributed by atoms with Crippen molar-refractivity contribution in [1.82, 2.24) is 4.90 Å². The molecule has 4 nitrogen and oxygen atoms in total. The number of hydrogen-bond acceptors (Lipinski definition) is 6. The smallest absolute Gasteiger partial charge is 0.340 e. The number of thioether (sulfide) groups is 2. The van der Waals surface area contributed by atoms with Gasteiger partial charge in [-0.25, -0.2) is 4.79 Å². The van der Waals surface area contributed by atoms with E-state index in [9.17, 15) is 9.59 Å². The fourth-order valence-corrected chi connectivity index (χ4v) is 5.94. The lowest BCUT2D eigenvalue weighted by Gasteiger charge is -2.41. The Hall–Kier alpha value is -0.0500. The molecule has 1 heterocycles. The van der Waals surface area contributed by atoms with Gasteiger partial charge in [0.2, 0.25) is 5.91 Å². The zero-order valence-electron chi connectivity index (χ0n) is 12.1. The van der Waals surface area contributed by atoms with E-state index < -0.39 is 10.9 Å². The minimum atomic E-state index is -0.779. The Labute approximate surface area is 147 Å². The topological polar surface area (TPSA) is 46.6 Å². The third kappa shape index (κ3) is 5.92. The second kappa shape index (κ2) is 7.99. The molecule has 0 saturated carbocycles. The van der Waals surface area contributed by atoms with Crippen LogP contribution < -0.4 is 0 Å². The molecule has 0 bridgehead atoms. The molecule has 1 rings (SSSR count). The molecule has 1 saturated heterocycles. The SMILES string of the molecule is C=CCOC(=O)C(Br)N1C(=O)CC1SC(=S)SC(C)(C)C. The third-order valence-corrected chi connectivity index (χ3v) is 5.88. The number of rotatable bonds is 5. The van der Waals surface area contributed by atoms with Gasteiger partial charge in [-0.3, -0.25) is 4.79 Å². The Morgan fingerprint density at radius 3 is 2.76 bits per heavy atom. The normalized spacial score (nSPS) is 19.7. The molecule has 0 N–H and O–H groups in total. The largest absolute Gasteiger partial charge is 0.459 e. The Morgan fingerprint density at radius 2 is 2.29 bits per heavy atom.